The Morgan fingerprint density at radius 2 is 1.73 bits per heavy atom. The zero-order valence-electron chi connectivity index (χ0n) is 16.2. The van der Waals surface area contributed by atoms with Crippen LogP contribution in [0.3, 0.4) is 0 Å². The Bertz CT molecular complexity index is 1030. The molecule has 30 heavy (non-hydrogen) atoms. The highest BCUT2D eigenvalue weighted by Gasteiger charge is 2.46. The SMILES string of the molecule is O=C(C1CC1c1ccc(C(F)(F)F)cc1)N1CCC(c2nc3ccccc3s2)CC1. The predicted molar refractivity (Wildman–Crippen MR) is 110 cm³/mol. The summed E-state index contributed by atoms with van der Waals surface area (Å²) in [6.45, 7) is 1.44. The van der Waals surface area contributed by atoms with Crippen LogP contribution in [0.15, 0.2) is 48.5 Å². The number of rotatable bonds is 3. The molecule has 0 spiro atoms. The van der Waals surface area contributed by atoms with E-state index in [1.807, 2.05) is 23.1 Å². The molecule has 7 heteroatoms. The van der Waals surface area contributed by atoms with Crippen LogP contribution < -0.4 is 0 Å². The van der Waals surface area contributed by atoms with E-state index in [1.165, 1.54) is 16.8 Å². The van der Waals surface area contributed by atoms with Gasteiger partial charge in [-0.15, -0.1) is 11.3 Å². The first kappa shape index (κ1) is 19.5. The number of alkyl halides is 3. The molecule has 2 atom stereocenters. The summed E-state index contributed by atoms with van der Waals surface area (Å²) in [7, 11) is 0. The molecule has 3 aromatic rings. The maximum absolute atomic E-state index is 12.9. The van der Waals surface area contributed by atoms with Crippen LogP contribution in [0.25, 0.3) is 10.2 Å². The third kappa shape index (κ3) is 3.71. The van der Waals surface area contributed by atoms with Crippen LogP contribution in [0.4, 0.5) is 13.2 Å². The van der Waals surface area contributed by atoms with Gasteiger partial charge in [0.05, 0.1) is 20.8 Å². The number of benzene rings is 2. The number of thiazole rings is 1. The predicted octanol–water partition coefficient (Wildman–Crippen LogP) is 5.82. The van der Waals surface area contributed by atoms with E-state index in [-0.39, 0.29) is 17.7 Å². The van der Waals surface area contributed by atoms with Gasteiger partial charge in [-0.3, -0.25) is 4.79 Å². The molecule has 1 aliphatic heterocycles. The van der Waals surface area contributed by atoms with Crippen LogP contribution in [-0.4, -0.2) is 28.9 Å². The molecule has 2 aromatic carbocycles. The van der Waals surface area contributed by atoms with Crippen molar-refractivity contribution in [1.82, 2.24) is 9.88 Å². The molecule has 2 aliphatic rings. The molecule has 1 saturated heterocycles. The van der Waals surface area contributed by atoms with Gasteiger partial charge >= 0.3 is 6.18 Å². The third-order valence-electron chi connectivity index (χ3n) is 6.24. The topological polar surface area (TPSA) is 33.2 Å². The maximum Gasteiger partial charge on any atom is 0.416 e. The number of piperidine rings is 1. The fourth-order valence-corrected chi connectivity index (χ4v) is 5.54. The zero-order valence-corrected chi connectivity index (χ0v) is 17.0. The molecule has 0 bridgehead atoms. The van der Waals surface area contributed by atoms with Gasteiger partial charge in [0, 0.05) is 24.9 Å². The van der Waals surface area contributed by atoms with Crippen LogP contribution in [0, 0.1) is 5.92 Å². The smallest absolute Gasteiger partial charge is 0.342 e. The van der Waals surface area contributed by atoms with Crippen LogP contribution in [-0.2, 0) is 11.0 Å². The van der Waals surface area contributed by atoms with Gasteiger partial charge in [0.15, 0.2) is 0 Å². The minimum Gasteiger partial charge on any atom is -0.342 e. The lowest BCUT2D eigenvalue weighted by atomic mass is 9.97. The summed E-state index contributed by atoms with van der Waals surface area (Å²) in [6.07, 6.45) is -1.79. The summed E-state index contributed by atoms with van der Waals surface area (Å²) in [5.41, 5.74) is 1.21. The van der Waals surface area contributed by atoms with Crippen LogP contribution in [0.5, 0.6) is 0 Å². The molecular weight excluding hydrogens is 409 g/mol. The average molecular weight is 430 g/mol. The van der Waals surface area contributed by atoms with Crippen LogP contribution in [0.2, 0.25) is 0 Å². The van der Waals surface area contributed by atoms with Gasteiger partial charge in [0.1, 0.15) is 0 Å². The van der Waals surface area contributed by atoms with E-state index in [0.29, 0.717) is 5.92 Å². The van der Waals surface area contributed by atoms with Crippen molar-refractivity contribution < 1.29 is 18.0 Å². The Balaban J connectivity index is 1.18. The van der Waals surface area contributed by atoms with E-state index in [1.54, 1.807) is 11.3 Å². The molecule has 2 unspecified atom stereocenters. The highest BCUT2D eigenvalue weighted by molar-refractivity contribution is 7.18. The molecule has 2 heterocycles. The molecule has 1 aliphatic carbocycles. The Kier molecular flexibility index (Phi) is 4.81. The number of hydrogen-bond acceptors (Lipinski definition) is 3. The quantitative estimate of drug-likeness (QED) is 0.524. The number of nitrogens with zero attached hydrogens (tertiary/aromatic N) is 2. The zero-order chi connectivity index (χ0) is 20.9. The first-order chi connectivity index (χ1) is 14.4. The highest BCUT2D eigenvalue weighted by Crippen LogP contribution is 2.49. The largest absolute Gasteiger partial charge is 0.416 e. The number of likely N-dealkylation sites (tertiary alicyclic amines) is 1. The third-order valence-corrected chi connectivity index (χ3v) is 7.44. The lowest BCUT2D eigenvalue weighted by Crippen LogP contribution is -2.39. The van der Waals surface area contributed by atoms with Crippen molar-refractivity contribution in [2.45, 2.75) is 37.3 Å². The standard InChI is InChI=1S/C23H21F3N2OS/c24-23(25,26)16-7-5-14(6-8-16)17-13-18(17)22(29)28-11-9-15(10-12-28)21-27-19-3-1-2-4-20(19)30-21/h1-8,15,17-18H,9-13H2. The first-order valence-electron chi connectivity index (χ1n) is 10.2. The Labute approximate surface area is 176 Å². The average Bonchev–Trinajstić information content (AvgIpc) is 3.43. The molecule has 156 valence electrons. The van der Waals surface area contributed by atoms with Crippen LogP contribution >= 0.6 is 11.3 Å². The number of aromatic nitrogens is 1. The number of para-hydroxylation sites is 1. The van der Waals surface area contributed by atoms with E-state index in [2.05, 4.69) is 6.07 Å². The van der Waals surface area contributed by atoms with E-state index in [0.717, 1.165) is 60.6 Å². The molecule has 3 nitrogen and oxygen atoms in total. The minimum absolute atomic E-state index is 0.0433. The lowest BCUT2D eigenvalue weighted by Gasteiger charge is -2.31. The monoisotopic (exact) mass is 430 g/mol. The van der Waals surface area contributed by atoms with Crippen molar-refractivity contribution in [3.05, 3.63) is 64.7 Å². The first-order valence-corrected chi connectivity index (χ1v) is 11.0. The van der Waals surface area contributed by atoms with Gasteiger partial charge in [-0.25, -0.2) is 4.98 Å². The molecule has 2 fully saturated rings. The second kappa shape index (κ2) is 7.38. The van der Waals surface area contributed by atoms with E-state index < -0.39 is 11.7 Å². The summed E-state index contributed by atoms with van der Waals surface area (Å²) < 4.78 is 39.4. The van der Waals surface area contributed by atoms with Crippen molar-refractivity contribution >= 4 is 27.5 Å². The van der Waals surface area contributed by atoms with Crippen molar-refractivity contribution in [2.75, 3.05) is 13.1 Å². The number of carbonyl (C=O) groups excluding carboxylic acids is 1. The van der Waals surface area contributed by atoms with Gasteiger partial charge in [0.25, 0.3) is 0 Å². The van der Waals surface area contributed by atoms with Crippen molar-refractivity contribution in [2.24, 2.45) is 5.92 Å². The summed E-state index contributed by atoms with van der Waals surface area (Å²) in [5, 5.41) is 1.15. The summed E-state index contributed by atoms with van der Waals surface area (Å²) in [6, 6.07) is 13.4. The molecule has 1 aromatic heterocycles. The van der Waals surface area contributed by atoms with E-state index >= 15 is 0 Å². The summed E-state index contributed by atoms with van der Waals surface area (Å²) >= 11 is 1.74. The summed E-state index contributed by atoms with van der Waals surface area (Å²) in [4.78, 5) is 19.6. The van der Waals surface area contributed by atoms with Gasteiger partial charge in [-0.05, 0) is 55.0 Å². The fraction of sp³-hybridized carbons (Fsp3) is 0.391. The Morgan fingerprint density at radius 1 is 1.03 bits per heavy atom. The lowest BCUT2D eigenvalue weighted by molar-refractivity contribution is -0.137. The van der Waals surface area contributed by atoms with Gasteiger partial charge < -0.3 is 4.90 Å². The maximum atomic E-state index is 12.9. The second-order valence-corrected chi connectivity index (χ2v) is 9.25. The van der Waals surface area contributed by atoms with Gasteiger partial charge in [-0.2, -0.15) is 13.2 Å². The fourth-order valence-electron chi connectivity index (χ4n) is 4.40. The van der Waals surface area contributed by atoms with Gasteiger partial charge in [0.2, 0.25) is 5.91 Å². The summed E-state index contributed by atoms with van der Waals surface area (Å²) in [5.74, 6) is 0.474. The number of fused-ring (bicyclic) bond motifs is 1. The Hall–Kier alpha value is -2.41. The van der Waals surface area contributed by atoms with E-state index in [9.17, 15) is 18.0 Å². The number of halogens is 3. The molecule has 1 amide bonds. The number of carbonyl (C=O) groups is 1. The molecular formula is C23H21F3N2OS. The van der Waals surface area contributed by atoms with Crippen molar-refractivity contribution in [3.8, 4) is 0 Å². The number of hydrogen-bond donors (Lipinski definition) is 0. The molecule has 5 rings (SSSR count). The van der Waals surface area contributed by atoms with Crippen LogP contribution in [0.1, 0.15) is 47.2 Å². The van der Waals surface area contributed by atoms with E-state index in [4.69, 9.17) is 4.98 Å². The molecule has 0 N–H and O–H groups in total. The minimum atomic E-state index is -4.33. The van der Waals surface area contributed by atoms with Gasteiger partial charge in [-0.1, -0.05) is 24.3 Å². The molecule has 1 saturated carbocycles. The molecule has 0 radical (unpaired) electrons. The van der Waals surface area contributed by atoms with Crippen molar-refractivity contribution in [1.29, 1.82) is 0 Å². The second-order valence-electron chi connectivity index (χ2n) is 8.19. The number of amides is 1. The Morgan fingerprint density at radius 3 is 2.40 bits per heavy atom. The van der Waals surface area contributed by atoms with Crippen molar-refractivity contribution in [3.63, 3.8) is 0 Å². The highest BCUT2D eigenvalue weighted by atomic mass is 32.1. The normalized spacial score (nSPS) is 22.4.